The summed E-state index contributed by atoms with van der Waals surface area (Å²) in [5.41, 5.74) is 5.67. The Balaban J connectivity index is 2.71. The van der Waals surface area contributed by atoms with E-state index in [1.165, 1.54) is 24.3 Å². The van der Waals surface area contributed by atoms with Gasteiger partial charge in [-0.2, -0.15) is 0 Å². The summed E-state index contributed by atoms with van der Waals surface area (Å²) in [7, 11) is -3.71. The van der Waals surface area contributed by atoms with Gasteiger partial charge in [0.25, 0.3) is 5.91 Å². The van der Waals surface area contributed by atoms with Crippen LogP contribution in [0.3, 0.4) is 0 Å². The maximum absolute atomic E-state index is 11.5. The van der Waals surface area contributed by atoms with Crippen molar-refractivity contribution in [2.24, 2.45) is 10.9 Å². The second-order valence-corrected chi connectivity index (χ2v) is 5.03. The van der Waals surface area contributed by atoms with Gasteiger partial charge in [-0.25, -0.2) is 13.6 Å². The third-order valence-corrected chi connectivity index (χ3v) is 3.04. The Kier molecular flexibility index (Phi) is 4.62. The van der Waals surface area contributed by atoms with Gasteiger partial charge in [-0.05, 0) is 37.2 Å². The van der Waals surface area contributed by atoms with E-state index in [9.17, 15) is 13.2 Å². The second kappa shape index (κ2) is 5.76. The van der Waals surface area contributed by atoms with Crippen LogP contribution < -0.4 is 16.2 Å². The zero-order valence-corrected chi connectivity index (χ0v) is 10.0. The molecule has 94 valence electrons. The van der Waals surface area contributed by atoms with E-state index in [1.54, 1.807) is 0 Å². The average Bonchev–Trinajstić information content (AvgIpc) is 2.28. The molecule has 1 aromatic carbocycles. The molecule has 1 amide bonds. The minimum atomic E-state index is -3.71. The highest BCUT2D eigenvalue weighted by molar-refractivity contribution is 7.89. The summed E-state index contributed by atoms with van der Waals surface area (Å²) < 4.78 is 22.0. The van der Waals surface area contributed by atoms with Crippen molar-refractivity contribution in [2.45, 2.75) is 11.3 Å². The number of nitrogens with one attached hydrogen (secondary N) is 1. The molecule has 6 nitrogen and oxygen atoms in total. The molecule has 0 saturated carbocycles. The molecule has 1 aromatic rings. The SMILES string of the molecule is NCCCNC(=O)c1ccc(S(N)(=O)=O)cc1. The van der Waals surface area contributed by atoms with E-state index in [1.807, 2.05) is 0 Å². The Morgan fingerprint density at radius 1 is 1.24 bits per heavy atom. The maximum Gasteiger partial charge on any atom is 0.251 e. The van der Waals surface area contributed by atoms with Crippen LogP contribution in [0.2, 0.25) is 0 Å². The molecule has 0 unspecified atom stereocenters. The molecule has 0 bridgehead atoms. The first-order valence-electron chi connectivity index (χ1n) is 5.06. The van der Waals surface area contributed by atoms with Crippen LogP contribution >= 0.6 is 0 Å². The van der Waals surface area contributed by atoms with E-state index in [-0.39, 0.29) is 10.8 Å². The number of primary sulfonamides is 1. The predicted octanol–water partition coefficient (Wildman–Crippen LogP) is -0.587. The molecule has 0 atom stereocenters. The summed E-state index contributed by atoms with van der Waals surface area (Å²) in [5, 5.41) is 7.60. The fourth-order valence-electron chi connectivity index (χ4n) is 1.20. The Bertz CT molecular complexity index is 482. The van der Waals surface area contributed by atoms with E-state index >= 15 is 0 Å². The van der Waals surface area contributed by atoms with Crippen LogP contribution in [0.4, 0.5) is 0 Å². The molecular formula is C10H15N3O3S. The highest BCUT2D eigenvalue weighted by atomic mass is 32.2. The molecule has 7 heteroatoms. The normalized spacial score (nSPS) is 11.2. The molecular weight excluding hydrogens is 242 g/mol. The number of hydrogen-bond acceptors (Lipinski definition) is 4. The van der Waals surface area contributed by atoms with E-state index in [2.05, 4.69) is 5.32 Å². The van der Waals surface area contributed by atoms with Crippen LogP contribution in [-0.2, 0) is 10.0 Å². The largest absolute Gasteiger partial charge is 0.352 e. The van der Waals surface area contributed by atoms with Crippen molar-refractivity contribution in [2.75, 3.05) is 13.1 Å². The third-order valence-electron chi connectivity index (χ3n) is 2.11. The number of carbonyl (C=O) groups is 1. The van der Waals surface area contributed by atoms with Crippen LogP contribution in [0.15, 0.2) is 29.2 Å². The molecule has 0 heterocycles. The highest BCUT2D eigenvalue weighted by Crippen LogP contribution is 2.08. The second-order valence-electron chi connectivity index (χ2n) is 3.47. The zero-order valence-electron chi connectivity index (χ0n) is 9.22. The van der Waals surface area contributed by atoms with Gasteiger partial charge in [0.15, 0.2) is 0 Å². The van der Waals surface area contributed by atoms with Crippen molar-refractivity contribution in [3.63, 3.8) is 0 Å². The molecule has 0 fully saturated rings. The van der Waals surface area contributed by atoms with Crippen molar-refractivity contribution in [3.8, 4) is 0 Å². The van der Waals surface area contributed by atoms with Gasteiger partial charge in [-0.1, -0.05) is 0 Å². The number of carbonyl (C=O) groups excluding carboxylic acids is 1. The van der Waals surface area contributed by atoms with E-state index in [0.29, 0.717) is 25.1 Å². The minimum Gasteiger partial charge on any atom is -0.352 e. The first kappa shape index (κ1) is 13.6. The molecule has 0 aromatic heterocycles. The van der Waals surface area contributed by atoms with E-state index in [0.717, 1.165) is 0 Å². The first-order chi connectivity index (χ1) is 7.95. The van der Waals surface area contributed by atoms with Crippen LogP contribution in [-0.4, -0.2) is 27.4 Å². The van der Waals surface area contributed by atoms with Gasteiger partial charge in [0.2, 0.25) is 10.0 Å². The smallest absolute Gasteiger partial charge is 0.251 e. The van der Waals surface area contributed by atoms with Crippen LogP contribution in [0, 0.1) is 0 Å². The van der Waals surface area contributed by atoms with Crippen LogP contribution in [0.1, 0.15) is 16.8 Å². The third kappa shape index (κ3) is 4.14. The predicted molar refractivity (Wildman–Crippen MR) is 63.8 cm³/mol. The first-order valence-corrected chi connectivity index (χ1v) is 6.61. The van der Waals surface area contributed by atoms with Gasteiger partial charge in [0.05, 0.1) is 4.90 Å². The van der Waals surface area contributed by atoms with Crippen molar-refractivity contribution in [1.82, 2.24) is 5.32 Å². The number of nitrogens with two attached hydrogens (primary N) is 2. The summed E-state index contributed by atoms with van der Waals surface area (Å²) in [6.45, 7) is 0.997. The molecule has 0 aliphatic carbocycles. The molecule has 0 aliphatic rings. The zero-order chi connectivity index (χ0) is 12.9. The van der Waals surface area contributed by atoms with Crippen molar-refractivity contribution in [3.05, 3.63) is 29.8 Å². The molecule has 0 saturated heterocycles. The number of hydrogen-bond donors (Lipinski definition) is 3. The van der Waals surface area contributed by atoms with E-state index in [4.69, 9.17) is 10.9 Å². The summed E-state index contributed by atoms with van der Waals surface area (Å²) in [6.07, 6.45) is 0.695. The Hall–Kier alpha value is -1.44. The number of rotatable bonds is 5. The van der Waals surface area contributed by atoms with Crippen LogP contribution in [0.25, 0.3) is 0 Å². The van der Waals surface area contributed by atoms with Gasteiger partial charge < -0.3 is 11.1 Å². The summed E-state index contributed by atoms with van der Waals surface area (Å²) in [4.78, 5) is 11.5. The molecule has 0 radical (unpaired) electrons. The Morgan fingerprint density at radius 3 is 2.29 bits per heavy atom. The average molecular weight is 257 g/mol. The van der Waals surface area contributed by atoms with Gasteiger partial charge >= 0.3 is 0 Å². The van der Waals surface area contributed by atoms with Gasteiger partial charge in [0, 0.05) is 12.1 Å². The van der Waals surface area contributed by atoms with E-state index < -0.39 is 10.0 Å². The lowest BCUT2D eigenvalue weighted by Gasteiger charge is -2.04. The summed E-state index contributed by atoms with van der Waals surface area (Å²) >= 11 is 0. The molecule has 5 N–H and O–H groups in total. The quantitative estimate of drug-likeness (QED) is 0.611. The van der Waals surface area contributed by atoms with Gasteiger partial charge in [-0.15, -0.1) is 0 Å². The number of amides is 1. The minimum absolute atomic E-state index is 0.0176. The monoisotopic (exact) mass is 257 g/mol. The highest BCUT2D eigenvalue weighted by Gasteiger charge is 2.09. The van der Waals surface area contributed by atoms with Gasteiger partial charge in [-0.3, -0.25) is 4.79 Å². The summed E-state index contributed by atoms with van der Waals surface area (Å²) in [5.74, 6) is -0.264. The number of sulfonamides is 1. The standard InChI is InChI=1S/C10H15N3O3S/c11-6-1-7-13-10(14)8-2-4-9(5-3-8)17(12,15)16/h2-5H,1,6-7,11H2,(H,13,14)(H2,12,15,16). The number of benzene rings is 1. The van der Waals surface area contributed by atoms with Crippen molar-refractivity contribution < 1.29 is 13.2 Å². The Labute approximate surface area is 100 Å². The van der Waals surface area contributed by atoms with Crippen LogP contribution in [0.5, 0.6) is 0 Å². The lowest BCUT2D eigenvalue weighted by molar-refractivity contribution is 0.0953. The van der Waals surface area contributed by atoms with Crippen molar-refractivity contribution in [1.29, 1.82) is 0 Å². The lowest BCUT2D eigenvalue weighted by Crippen LogP contribution is -2.26. The fourth-order valence-corrected chi connectivity index (χ4v) is 1.72. The van der Waals surface area contributed by atoms with Gasteiger partial charge in [0.1, 0.15) is 0 Å². The molecule has 17 heavy (non-hydrogen) atoms. The molecule has 0 aliphatic heterocycles. The summed E-state index contributed by atoms with van der Waals surface area (Å²) in [6, 6.07) is 5.43. The fraction of sp³-hybridized carbons (Fsp3) is 0.300. The molecule has 1 rings (SSSR count). The molecule has 0 spiro atoms. The lowest BCUT2D eigenvalue weighted by atomic mass is 10.2. The Morgan fingerprint density at radius 2 is 1.82 bits per heavy atom. The van der Waals surface area contributed by atoms with Crippen molar-refractivity contribution >= 4 is 15.9 Å². The topological polar surface area (TPSA) is 115 Å². The maximum atomic E-state index is 11.5.